The predicted octanol–water partition coefficient (Wildman–Crippen LogP) is 0.753. The van der Waals surface area contributed by atoms with E-state index in [9.17, 15) is 33.5 Å². The molecule has 0 amide bonds. The summed E-state index contributed by atoms with van der Waals surface area (Å²) in [6.45, 7) is 0. The molecule has 0 spiro atoms. The van der Waals surface area contributed by atoms with Crippen molar-refractivity contribution < 1.29 is 28.0 Å². The largest absolute Gasteiger partial charge is 0.507 e. The Hall–Kier alpha value is -3.87. The standard InChI is InChI=1S/C14H10N4O8S/c19-11-5-12(20)10(18(22)23)3-7(11)6-15-17-27(24,25)8-1-2-9-13(4-8)26-14(21)16-9/h1-6,17,19-20H,(H,16,21)/b15-6+. The number of benzene rings is 2. The fourth-order valence-electron chi connectivity index (χ4n) is 2.14. The lowest BCUT2D eigenvalue weighted by Crippen LogP contribution is -2.18. The molecule has 3 rings (SSSR count). The molecule has 0 bridgehead atoms. The van der Waals surface area contributed by atoms with Gasteiger partial charge in [0.15, 0.2) is 11.3 Å². The zero-order chi connectivity index (χ0) is 19.8. The number of sulfonamides is 1. The lowest BCUT2D eigenvalue weighted by atomic mass is 10.2. The van der Waals surface area contributed by atoms with Gasteiger partial charge in [-0.1, -0.05) is 0 Å². The normalized spacial score (nSPS) is 11.9. The van der Waals surface area contributed by atoms with Crippen molar-refractivity contribution >= 4 is 33.0 Å². The second-order valence-electron chi connectivity index (χ2n) is 5.18. The topological polar surface area (TPSA) is 188 Å². The summed E-state index contributed by atoms with van der Waals surface area (Å²) in [5.41, 5.74) is -0.554. The molecular weight excluding hydrogens is 384 g/mol. The number of rotatable bonds is 5. The van der Waals surface area contributed by atoms with Crippen molar-refractivity contribution in [3.63, 3.8) is 0 Å². The number of nitro groups is 1. The molecule has 0 radical (unpaired) electrons. The minimum absolute atomic E-state index is 0.0265. The smallest absolute Gasteiger partial charge is 0.417 e. The zero-order valence-corrected chi connectivity index (χ0v) is 13.9. The third-order valence-corrected chi connectivity index (χ3v) is 4.62. The number of phenols is 2. The number of nitrogens with zero attached hydrogens (tertiary/aromatic N) is 2. The fraction of sp³-hybridized carbons (Fsp3) is 0. The number of hydrazone groups is 1. The number of nitrogens with one attached hydrogen (secondary N) is 2. The van der Waals surface area contributed by atoms with E-state index in [1.807, 2.05) is 4.83 Å². The van der Waals surface area contributed by atoms with Gasteiger partial charge in [-0.25, -0.2) is 9.63 Å². The van der Waals surface area contributed by atoms with E-state index in [4.69, 9.17) is 4.42 Å². The van der Waals surface area contributed by atoms with Crippen LogP contribution in [0.2, 0.25) is 0 Å². The van der Waals surface area contributed by atoms with Crippen LogP contribution in [0.25, 0.3) is 11.1 Å². The van der Waals surface area contributed by atoms with E-state index >= 15 is 0 Å². The van der Waals surface area contributed by atoms with Gasteiger partial charge in [-0.15, -0.1) is 0 Å². The Balaban J connectivity index is 1.87. The third-order valence-electron chi connectivity index (χ3n) is 3.40. The summed E-state index contributed by atoms with van der Waals surface area (Å²) >= 11 is 0. The van der Waals surface area contributed by atoms with Crippen molar-refractivity contribution in [1.29, 1.82) is 0 Å². The first kappa shape index (κ1) is 17.9. The van der Waals surface area contributed by atoms with Crippen LogP contribution in [-0.4, -0.2) is 34.8 Å². The van der Waals surface area contributed by atoms with Gasteiger partial charge in [0, 0.05) is 23.8 Å². The van der Waals surface area contributed by atoms with Crippen LogP contribution in [0.3, 0.4) is 0 Å². The van der Waals surface area contributed by atoms with Crippen LogP contribution in [0.1, 0.15) is 5.56 Å². The van der Waals surface area contributed by atoms with Crippen molar-refractivity contribution in [3.8, 4) is 11.5 Å². The highest BCUT2D eigenvalue weighted by Crippen LogP contribution is 2.32. The van der Waals surface area contributed by atoms with E-state index < -0.39 is 37.9 Å². The van der Waals surface area contributed by atoms with Gasteiger partial charge < -0.3 is 14.6 Å². The summed E-state index contributed by atoms with van der Waals surface area (Å²) in [7, 11) is -4.15. The molecule has 0 saturated heterocycles. The van der Waals surface area contributed by atoms with Gasteiger partial charge in [0.25, 0.3) is 10.0 Å². The molecule has 0 aliphatic rings. The van der Waals surface area contributed by atoms with Crippen LogP contribution in [-0.2, 0) is 10.0 Å². The summed E-state index contributed by atoms with van der Waals surface area (Å²) in [6, 6.07) is 5.19. The quantitative estimate of drug-likeness (QED) is 0.277. The number of aromatic nitrogens is 1. The van der Waals surface area contributed by atoms with Gasteiger partial charge >= 0.3 is 11.4 Å². The Morgan fingerprint density at radius 3 is 2.67 bits per heavy atom. The molecule has 140 valence electrons. The molecule has 0 fully saturated rings. The fourth-order valence-corrected chi connectivity index (χ4v) is 2.95. The molecule has 0 saturated carbocycles. The second-order valence-corrected chi connectivity index (χ2v) is 6.84. The number of phenolic OH excluding ortho intramolecular Hbond substituents is 2. The molecule has 1 aromatic heterocycles. The Morgan fingerprint density at radius 2 is 1.96 bits per heavy atom. The van der Waals surface area contributed by atoms with E-state index in [-0.39, 0.29) is 16.0 Å². The monoisotopic (exact) mass is 394 g/mol. The summed E-state index contributed by atoms with van der Waals surface area (Å²) in [5.74, 6) is -2.04. The lowest BCUT2D eigenvalue weighted by Gasteiger charge is -2.04. The summed E-state index contributed by atoms with van der Waals surface area (Å²) in [6.07, 6.45) is 0.828. The highest BCUT2D eigenvalue weighted by Gasteiger charge is 2.18. The summed E-state index contributed by atoms with van der Waals surface area (Å²) < 4.78 is 29.2. The maximum Gasteiger partial charge on any atom is 0.417 e. The van der Waals surface area contributed by atoms with Crippen LogP contribution in [0.15, 0.2) is 49.5 Å². The van der Waals surface area contributed by atoms with Crippen molar-refractivity contribution in [1.82, 2.24) is 9.82 Å². The number of aromatic hydroxyl groups is 2. The Morgan fingerprint density at radius 1 is 1.22 bits per heavy atom. The molecule has 2 aromatic carbocycles. The minimum atomic E-state index is -4.15. The van der Waals surface area contributed by atoms with Gasteiger partial charge in [-0.3, -0.25) is 15.1 Å². The average Bonchev–Trinajstić information content (AvgIpc) is 2.95. The summed E-state index contributed by atoms with van der Waals surface area (Å²) in [5, 5.41) is 33.3. The second kappa shape index (κ2) is 6.45. The van der Waals surface area contributed by atoms with Crippen LogP contribution >= 0.6 is 0 Å². The Bertz CT molecular complexity index is 1240. The molecule has 0 aliphatic heterocycles. The van der Waals surface area contributed by atoms with E-state index in [0.29, 0.717) is 5.52 Å². The number of nitro benzene ring substituents is 1. The lowest BCUT2D eigenvalue weighted by molar-refractivity contribution is -0.385. The van der Waals surface area contributed by atoms with Crippen molar-refractivity contribution in [3.05, 3.63) is 56.6 Å². The molecule has 0 unspecified atom stereocenters. The van der Waals surface area contributed by atoms with E-state index in [1.165, 1.54) is 12.1 Å². The first-order chi connectivity index (χ1) is 12.7. The van der Waals surface area contributed by atoms with Gasteiger partial charge in [0.2, 0.25) is 0 Å². The number of hydrogen-bond acceptors (Lipinski definition) is 9. The molecule has 3 aromatic rings. The molecule has 27 heavy (non-hydrogen) atoms. The first-order valence-corrected chi connectivity index (χ1v) is 8.54. The first-order valence-electron chi connectivity index (χ1n) is 7.05. The Labute approximate surface area is 149 Å². The van der Waals surface area contributed by atoms with Gasteiger partial charge in [0.05, 0.1) is 21.6 Å². The van der Waals surface area contributed by atoms with Crippen molar-refractivity contribution in [2.24, 2.45) is 5.10 Å². The minimum Gasteiger partial charge on any atom is -0.507 e. The van der Waals surface area contributed by atoms with Gasteiger partial charge in [-0.05, 0) is 12.1 Å². The number of fused-ring (bicyclic) bond motifs is 1. The molecule has 0 aliphatic carbocycles. The van der Waals surface area contributed by atoms with Crippen molar-refractivity contribution in [2.75, 3.05) is 0 Å². The maximum absolute atomic E-state index is 12.2. The van der Waals surface area contributed by atoms with Crippen LogP contribution in [0.4, 0.5) is 5.69 Å². The van der Waals surface area contributed by atoms with Crippen LogP contribution in [0, 0.1) is 10.1 Å². The summed E-state index contributed by atoms with van der Waals surface area (Å²) in [4.78, 5) is 25.0. The number of aromatic amines is 1. The highest BCUT2D eigenvalue weighted by atomic mass is 32.2. The van der Waals surface area contributed by atoms with Crippen LogP contribution < -0.4 is 10.6 Å². The third kappa shape index (κ3) is 3.57. The SMILES string of the molecule is O=c1[nH]c2ccc(S(=O)(=O)N/N=C/c3cc([N+](=O)[O-])c(O)cc3O)cc2o1. The average molecular weight is 394 g/mol. The molecular formula is C14H10N4O8S. The highest BCUT2D eigenvalue weighted by molar-refractivity contribution is 7.89. The molecule has 1 heterocycles. The number of hydrogen-bond donors (Lipinski definition) is 4. The molecule has 0 atom stereocenters. The van der Waals surface area contributed by atoms with Crippen molar-refractivity contribution in [2.45, 2.75) is 4.90 Å². The van der Waals surface area contributed by atoms with E-state index in [2.05, 4.69) is 10.1 Å². The number of oxazole rings is 1. The Kier molecular flexibility index (Phi) is 4.29. The maximum atomic E-state index is 12.2. The van der Waals surface area contributed by atoms with E-state index in [1.54, 1.807) is 0 Å². The van der Waals surface area contributed by atoms with Gasteiger partial charge in [0.1, 0.15) is 5.75 Å². The van der Waals surface area contributed by atoms with Crippen LogP contribution in [0.5, 0.6) is 11.5 Å². The van der Waals surface area contributed by atoms with E-state index in [0.717, 1.165) is 24.4 Å². The predicted molar refractivity (Wildman–Crippen MR) is 91.2 cm³/mol. The molecule has 4 N–H and O–H groups in total. The zero-order valence-electron chi connectivity index (χ0n) is 13.1. The van der Waals surface area contributed by atoms with Gasteiger partial charge in [-0.2, -0.15) is 13.5 Å². The number of H-pyrrole nitrogens is 1. The molecule has 12 nitrogen and oxygen atoms in total. The molecule has 13 heteroatoms.